The van der Waals surface area contributed by atoms with E-state index in [0.717, 1.165) is 0 Å². The van der Waals surface area contributed by atoms with E-state index in [1.54, 1.807) is 0 Å². The first kappa shape index (κ1) is 13.7. The van der Waals surface area contributed by atoms with E-state index in [1.165, 1.54) is 23.8 Å². The number of aliphatic hydroxyl groups excluding tert-OH is 2. The molecule has 1 unspecified atom stereocenters. The van der Waals surface area contributed by atoms with Gasteiger partial charge in [-0.25, -0.2) is 4.79 Å². The molecule has 19 heavy (non-hydrogen) atoms. The quantitative estimate of drug-likeness (QED) is 0.638. The van der Waals surface area contributed by atoms with Crippen molar-refractivity contribution < 1.29 is 19.7 Å². The second-order valence-electron chi connectivity index (χ2n) is 4.30. The fourth-order valence-corrected chi connectivity index (χ4v) is 1.93. The zero-order valence-corrected chi connectivity index (χ0v) is 10.3. The zero-order chi connectivity index (χ0) is 14.0. The summed E-state index contributed by atoms with van der Waals surface area (Å²) in [6, 6.07) is 1.46. The van der Waals surface area contributed by atoms with Gasteiger partial charge in [0, 0.05) is 19.5 Å². The normalized spacial score (nSPS) is 26.4. The van der Waals surface area contributed by atoms with Gasteiger partial charge in [-0.15, -0.1) is 0 Å². The zero-order valence-electron chi connectivity index (χ0n) is 10.3. The number of aromatic nitrogens is 2. The third-order valence-electron chi connectivity index (χ3n) is 2.83. The Morgan fingerprint density at radius 1 is 1.68 bits per heavy atom. The van der Waals surface area contributed by atoms with Gasteiger partial charge in [-0.1, -0.05) is 0 Å². The molecule has 104 valence electrons. The van der Waals surface area contributed by atoms with Crippen LogP contribution in [0, 0.1) is 0 Å². The fourth-order valence-electron chi connectivity index (χ4n) is 1.93. The highest BCUT2D eigenvalue weighted by molar-refractivity contribution is 5.87. The number of carbonyl (C=O) groups is 1. The number of nitrogens with one attached hydrogen (secondary N) is 1. The Morgan fingerprint density at radius 3 is 2.95 bits per heavy atom. The number of aliphatic hydroxyl groups is 2. The molecule has 2 rings (SSSR count). The molecule has 0 spiro atoms. The predicted octanol–water partition coefficient (Wildman–Crippen LogP) is -1.16. The van der Waals surface area contributed by atoms with Crippen LogP contribution in [0.5, 0.6) is 0 Å². The SMILES string of the molecule is CC(=O)Nc1ccn([C@H]2C[C@@H](O)C(CO)O2)c(=O)n1. The summed E-state index contributed by atoms with van der Waals surface area (Å²) in [6.07, 6.45) is -0.563. The largest absolute Gasteiger partial charge is 0.394 e. The Kier molecular flexibility index (Phi) is 3.93. The van der Waals surface area contributed by atoms with Crippen LogP contribution in [0.2, 0.25) is 0 Å². The molecule has 1 aliphatic heterocycles. The highest BCUT2D eigenvalue weighted by Crippen LogP contribution is 2.27. The van der Waals surface area contributed by atoms with Crippen molar-refractivity contribution in [3.8, 4) is 0 Å². The van der Waals surface area contributed by atoms with Crippen molar-refractivity contribution in [3.63, 3.8) is 0 Å². The molecule has 0 aromatic carbocycles. The van der Waals surface area contributed by atoms with E-state index >= 15 is 0 Å². The summed E-state index contributed by atoms with van der Waals surface area (Å²) in [5, 5.41) is 21.0. The van der Waals surface area contributed by atoms with Crippen molar-refractivity contribution in [1.82, 2.24) is 9.55 Å². The van der Waals surface area contributed by atoms with Crippen LogP contribution < -0.4 is 11.0 Å². The minimum atomic E-state index is -0.822. The Morgan fingerprint density at radius 2 is 2.42 bits per heavy atom. The molecule has 3 N–H and O–H groups in total. The first-order valence-corrected chi connectivity index (χ1v) is 5.82. The maximum Gasteiger partial charge on any atom is 0.351 e. The average Bonchev–Trinajstić information content (AvgIpc) is 2.69. The van der Waals surface area contributed by atoms with Crippen LogP contribution >= 0.6 is 0 Å². The summed E-state index contributed by atoms with van der Waals surface area (Å²) in [7, 11) is 0. The fraction of sp³-hybridized carbons (Fsp3) is 0.545. The molecule has 2 heterocycles. The van der Waals surface area contributed by atoms with Crippen molar-refractivity contribution in [1.29, 1.82) is 0 Å². The maximum atomic E-state index is 11.8. The van der Waals surface area contributed by atoms with Crippen LogP contribution in [-0.2, 0) is 9.53 Å². The molecule has 1 fully saturated rings. The van der Waals surface area contributed by atoms with Gasteiger partial charge in [0.15, 0.2) is 0 Å². The van der Waals surface area contributed by atoms with Crippen LogP contribution in [0.3, 0.4) is 0 Å². The highest BCUT2D eigenvalue weighted by Gasteiger charge is 2.34. The lowest BCUT2D eigenvalue weighted by Crippen LogP contribution is -2.28. The molecule has 8 nitrogen and oxygen atoms in total. The van der Waals surface area contributed by atoms with Gasteiger partial charge in [-0.05, 0) is 6.07 Å². The molecule has 8 heteroatoms. The lowest BCUT2D eigenvalue weighted by Gasteiger charge is -2.14. The Hall–Kier alpha value is -1.77. The van der Waals surface area contributed by atoms with Crippen molar-refractivity contribution in [2.45, 2.75) is 31.8 Å². The van der Waals surface area contributed by atoms with E-state index in [2.05, 4.69) is 10.3 Å². The van der Waals surface area contributed by atoms with E-state index < -0.39 is 24.1 Å². The number of anilines is 1. The molecule has 0 aliphatic carbocycles. The number of nitrogens with zero attached hydrogens (tertiary/aromatic N) is 2. The average molecular weight is 269 g/mol. The summed E-state index contributed by atoms with van der Waals surface area (Å²) < 4.78 is 6.56. The Balaban J connectivity index is 2.18. The highest BCUT2D eigenvalue weighted by atomic mass is 16.5. The van der Waals surface area contributed by atoms with Gasteiger partial charge in [-0.2, -0.15) is 4.98 Å². The molecule has 1 amide bonds. The second kappa shape index (κ2) is 5.47. The third-order valence-corrected chi connectivity index (χ3v) is 2.83. The van der Waals surface area contributed by atoms with Gasteiger partial charge < -0.3 is 20.3 Å². The van der Waals surface area contributed by atoms with Crippen LogP contribution in [0.15, 0.2) is 17.1 Å². The number of carbonyl (C=O) groups excluding carboxylic acids is 1. The maximum absolute atomic E-state index is 11.8. The van der Waals surface area contributed by atoms with Crippen molar-refractivity contribution in [2.75, 3.05) is 11.9 Å². The summed E-state index contributed by atoms with van der Waals surface area (Å²) in [4.78, 5) is 26.3. The van der Waals surface area contributed by atoms with E-state index in [0.29, 0.717) is 0 Å². The van der Waals surface area contributed by atoms with Gasteiger partial charge in [0.05, 0.1) is 12.7 Å². The summed E-state index contributed by atoms with van der Waals surface area (Å²) in [6.45, 7) is 0.999. The van der Waals surface area contributed by atoms with E-state index in [1.807, 2.05) is 0 Å². The monoisotopic (exact) mass is 269 g/mol. The van der Waals surface area contributed by atoms with E-state index in [9.17, 15) is 14.7 Å². The molecule has 3 atom stereocenters. The standard InChI is InChI=1S/C11H15N3O5/c1-6(16)12-9-2-3-14(11(18)13-9)10-4-7(17)8(5-15)19-10/h2-3,7-8,10,15,17H,4-5H2,1H3,(H,12,13,16,18)/t7-,8?,10-/m1/s1. The van der Waals surface area contributed by atoms with Crippen LogP contribution in [0.25, 0.3) is 0 Å². The minimum Gasteiger partial charge on any atom is -0.394 e. The van der Waals surface area contributed by atoms with E-state index in [4.69, 9.17) is 9.84 Å². The molecule has 0 saturated carbocycles. The molecular formula is C11H15N3O5. The van der Waals surface area contributed by atoms with Gasteiger partial charge in [0.2, 0.25) is 5.91 Å². The lowest BCUT2D eigenvalue weighted by atomic mass is 10.2. The summed E-state index contributed by atoms with van der Waals surface area (Å²) in [5.41, 5.74) is -0.595. The van der Waals surface area contributed by atoms with Gasteiger partial charge in [-0.3, -0.25) is 9.36 Å². The molecular weight excluding hydrogens is 254 g/mol. The third kappa shape index (κ3) is 2.98. The molecule has 1 aromatic rings. The number of rotatable bonds is 3. The number of ether oxygens (including phenoxy) is 1. The molecule has 0 radical (unpaired) electrons. The Labute approximate surface area is 108 Å². The van der Waals surface area contributed by atoms with Crippen molar-refractivity contribution in [3.05, 3.63) is 22.7 Å². The number of amides is 1. The van der Waals surface area contributed by atoms with E-state index in [-0.39, 0.29) is 24.8 Å². The lowest BCUT2D eigenvalue weighted by molar-refractivity contribution is -0.114. The van der Waals surface area contributed by atoms with Crippen molar-refractivity contribution >= 4 is 11.7 Å². The van der Waals surface area contributed by atoms with Crippen LogP contribution in [0.1, 0.15) is 19.6 Å². The molecule has 0 bridgehead atoms. The van der Waals surface area contributed by atoms with Gasteiger partial charge in [0.1, 0.15) is 18.1 Å². The number of hydrogen-bond donors (Lipinski definition) is 3. The van der Waals surface area contributed by atoms with Crippen LogP contribution in [-0.4, -0.2) is 44.5 Å². The molecule has 1 saturated heterocycles. The number of hydrogen-bond acceptors (Lipinski definition) is 6. The van der Waals surface area contributed by atoms with Crippen LogP contribution in [0.4, 0.5) is 5.82 Å². The van der Waals surface area contributed by atoms with Gasteiger partial charge >= 0.3 is 5.69 Å². The minimum absolute atomic E-state index is 0.158. The molecule has 1 aromatic heterocycles. The topological polar surface area (TPSA) is 114 Å². The smallest absolute Gasteiger partial charge is 0.351 e. The van der Waals surface area contributed by atoms with Crippen molar-refractivity contribution in [2.24, 2.45) is 0 Å². The Bertz CT molecular complexity index is 529. The second-order valence-corrected chi connectivity index (χ2v) is 4.30. The van der Waals surface area contributed by atoms with Gasteiger partial charge in [0.25, 0.3) is 0 Å². The first-order chi connectivity index (χ1) is 9.01. The summed E-state index contributed by atoms with van der Waals surface area (Å²) >= 11 is 0. The first-order valence-electron chi connectivity index (χ1n) is 5.82. The summed E-state index contributed by atoms with van der Waals surface area (Å²) in [5.74, 6) is -0.163. The predicted molar refractivity (Wildman–Crippen MR) is 64.4 cm³/mol. The molecule has 1 aliphatic rings.